The molecule has 8 nitrogen and oxygen atoms in total. The van der Waals surface area contributed by atoms with E-state index in [0.717, 1.165) is 43.5 Å². The number of aromatic amines is 1. The molecule has 26 heavy (non-hydrogen) atoms. The van der Waals surface area contributed by atoms with Crippen LogP contribution < -0.4 is 4.90 Å². The molecule has 0 aromatic carbocycles. The fraction of sp³-hybridized carbons (Fsp3) is 0.389. The highest BCUT2D eigenvalue weighted by Gasteiger charge is 2.42. The minimum atomic E-state index is 0.0450. The van der Waals surface area contributed by atoms with Crippen LogP contribution in [0, 0.1) is 18.8 Å². The number of nitrogens with one attached hydrogen (secondary N) is 1. The number of imidazole rings is 1. The monoisotopic (exact) mass is 349 g/mol. The van der Waals surface area contributed by atoms with Gasteiger partial charge in [0.05, 0.1) is 11.1 Å². The first kappa shape index (κ1) is 15.2. The number of aryl methyl sites for hydroxylation is 1. The molecule has 8 heteroatoms. The molecule has 0 radical (unpaired) electrons. The average molecular weight is 349 g/mol. The van der Waals surface area contributed by atoms with Crippen LogP contribution >= 0.6 is 0 Å². The van der Waals surface area contributed by atoms with Crippen molar-refractivity contribution in [3.05, 3.63) is 42.1 Å². The Bertz CT molecular complexity index is 956. The average Bonchev–Trinajstić information content (AvgIpc) is 3.32. The summed E-state index contributed by atoms with van der Waals surface area (Å²) in [6.07, 6.45) is 5.17. The zero-order chi connectivity index (χ0) is 17.7. The van der Waals surface area contributed by atoms with Gasteiger partial charge in [-0.2, -0.15) is 0 Å². The van der Waals surface area contributed by atoms with Crippen LogP contribution in [-0.4, -0.2) is 61.9 Å². The lowest BCUT2D eigenvalue weighted by molar-refractivity contribution is 0.0782. The zero-order valence-electron chi connectivity index (χ0n) is 14.5. The maximum atomic E-state index is 12.9. The van der Waals surface area contributed by atoms with Crippen molar-refractivity contribution in [1.82, 2.24) is 29.8 Å². The molecule has 1 amide bonds. The van der Waals surface area contributed by atoms with E-state index in [9.17, 15) is 4.79 Å². The van der Waals surface area contributed by atoms with Gasteiger partial charge >= 0.3 is 0 Å². The van der Waals surface area contributed by atoms with E-state index in [2.05, 4.69) is 29.8 Å². The van der Waals surface area contributed by atoms with Crippen molar-refractivity contribution in [2.24, 2.45) is 11.8 Å². The second-order valence-corrected chi connectivity index (χ2v) is 7.10. The Kier molecular flexibility index (Phi) is 3.37. The van der Waals surface area contributed by atoms with Gasteiger partial charge in [0, 0.05) is 56.6 Å². The molecular weight excluding hydrogens is 330 g/mol. The molecule has 2 aliphatic heterocycles. The number of likely N-dealkylation sites (tertiary alicyclic amines) is 1. The molecular formula is C18H19N7O. The number of anilines is 1. The predicted octanol–water partition coefficient (Wildman–Crippen LogP) is 1.26. The lowest BCUT2D eigenvalue weighted by Gasteiger charge is -2.21. The van der Waals surface area contributed by atoms with Gasteiger partial charge in [-0.05, 0) is 19.1 Å². The first-order valence-corrected chi connectivity index (χ1v) is 8.81. The molecule has 5 heterocycles. The van der Waals surface area contributed by atoms with E-state index < -0.39 is 0 Å². The highest BCUT2D eigenvalue weighted by atomic mass is 16.2. The molecule has 132 valence electrons. The number of fused-ring (bicyclic) bond motifs is 2. The van der Waals surface area contributed by atoms with Crippen molar-refractivity contribution in [1.29, 1.82) is 0 Å². The fourth-order valence-corrected chi connectivity index (χ4v) is 4.10. The van der Waals surface area contributed by atoms with Crippen LogP contribution in [-0.2, 0) is 0 Å². The van der Waals surface area contributed by atoms with Gasteiger partial charge in [0.1, 0.15) is 5.82 Å². The minimum Gasteiger partial charge on any atom is -0.341 e. The number of aromatic nitrogens is 5. The third-order valence-electron chi connectivity index (χ3n) is 5.31. The molecule has 0 bridgehead atoms. The van der Waals surface area contributed by atoms with Crippen molar-refractivity contribution >= 4 is 23.0 Å². The van der Waals surface area contributed by atoms with E-state index in [1.165, 1.54) is 0 Å². The molecule has 2 atom stereocenters. The smallest absolute Gasteiger partial charge is 0.255 e. The van der Waals surface area contributed by atoms with Crippen LogP contribution in [0.1, 0.15) is 16.2 Å². The van der Waals surface area contributed by atoms with Gasteiger partial charge in [0.25, 0.3) is 5.91 Å². The van der Waals surface area contributed by atoms with Gasteiger partial charge < -0.3 is 14.8 Å². The number of pyridine rings is 1. The van der Waals surface area contributed by atoms with Gasteiger partial charge in [-0.25, -0.2) is 19.9 Å². The SMILES string of the molecule is Cc1nc2ncc(C(=O)N3C[C@@H]4CN(c5ncccn5)C[C@@H]4C3)cc2[nH]1. The van der Waals surface area contributed by atoms with Crippen molar-refractivity contribution in [2.75, 3.05) is 31.1 Å². The van der Waals surface area contributed by atoms with Crippen LogP contribution in [0.4, 0.5) is 5.95 Å². The molecule has 3 aromatic heterocycles. The van der Waals surface area contributed by atoms with Crippen molar-refractivity contribution in [3.63, 3.8) is 0 Å². The highest BCUT2D eigenvalue weighted by Crippen LogP contribution is 2.33. The Morgan fingerprint density at radius 2 is 1.85 bits per heavy atom. The van der Waals surface area contributed by atoms with Gasteiger partial charge in [-0.3, -0.25) is 4.79 Å². The van der Waals surface area contributed by atoms with Crippen LogP contribution in [0.5, 0.6) is 0 Å². The molecule has 0 aliphatic carbocycles. The summed E-state index contributed by atoms with van der Waals surface area (Å²) in [5.74, 6) is 2.56. The van der Waals surface area contributed by atoms with E-state index in [4.69, 9.17) is 0 Å². The lowest BCUT2D eigenvalue weighted by Crippen LogP contribution is -2.33. The maximum absolute atomic E-state index is 12.9. The highest BCUT2D eigenvalue weighted by molar-refractivity contribution is 5.96. The second-order valence-electron chi connectivity index (χ2n) is 7.10. The van der Waals surface area contributed by atoms with E-state index in [-0.39, 0.29) is 5.91 Å². The standard InChI is InChI=1S/C18H19N7O/c1-11-22-15-5-12(6-21-16(15)23-11)17(26)24-7-13-9-25(10-14(13)8-24)18-19-3-2-4-20-18/h2-6,13-14H,7-10H2,1H3,(H,21,22,23)/t13-,14+. The second kappa shape index (κ2) is 5.76. The maximum Gasteiger partial charge on any atom is 0.255 e. The minimum absolute atomic E-state index is 0.0450. The number of rotatable bonds is 2. The summed E-state index contributed by atoms with van der Waals surface area (Å²) in [7, 11) is 0. The molecule has 2 aliphatic rings. The van der Waals surface area contributed by atoms with E-state index in [1.54, 1.807) is 18.6 Å². The fourth-order valence-electron chi connectivity index (χ4n) is 4.10. The van der Waals surface area contributed by atoms with Crippen LogP contribution in [0.3, 0.4) is 0 Å². The Labute approximate surface area is 150 Å². The van der Waals surface area contributed by atoms with E-state index in [0.29, 0.717) is 23.0 Å². The quantitative estimate of drug-likeness (QED) is 0.749. The molecule has 2 saturated heterocycles. The Morgan fingerprint density at radius 3 is 2.58 bits per heavy atom. The number of hydrogen-bond acceptors (Lipinski definition) is 6. The van der Waals surface area contributed by atoms with Gasteiger partial charge in [-0.15, -0.1) is 0 Å². The molecule has 0 spiro atoms. The third kappa shape index (κ3) is 2.49. The van der Waals surface area contributed by atoms with Crippen LogP contribution in [0.25, 0.3) is 11.2 Å². The molecule has 0 unspecified atom stereocenters. The summed E-state index contributed by atoms with van der Waals surface area (Å²) in [5, 5.41) is 0. The molecule has 3 aromatic rings. The Balaban J connectivity index is 1.30. The summed E-state index contributed by atoms with van der Waals surface area (Å²) in [5.41, 5.74) is 2.07. The molecule has 2 fully saturated rings. The summed E-state index contributed by atoms with van der Waals surface area (Å²) in [6, 6.07) is 3.68. The molecule has 0 saturated carbocycles. The van der Waals surface area contributed by atoms with Crippen molar-refractivity contribution < 1.29 is 4.79 Å². The van der Waals surface area contributed by atoms with E-state index >= 15 is 0 Å². The number of H-pyrrole nitrogens is 1. The third-order valence-corrected chi connectivity index (χ3v) is 5.31. The number of carbonyl (C=O) groups excluding carboxylic acids is 1. The zero-order valence-corrected chi connectivity index (χ0v) is 14.5. The number of nitrogens with zero attached hydrogens (tertiary/aromatic N) is 6. The predicted molar refractivity (Wildman–Crippen MR) is 95.8 cm³/mol. The first-order valence-electron chi connectivity index (χ1n) is 8.81. The number of amides is 1. The number of hydrogen-bond donors (Lipinski definition) is 1. The summed E-state index contributed by atoms with van der Waals surface area (Å²) >= 11 is 0. The molecule has 5 rings (SSSR count). The topological polar surface area (TPSA) is 90.9 Å². The van der Waals surface area contributed by atoms with Crippen molar-refractivity contribution in [3.8, 4) is 0 Å². The first-order chi connectivity index (χ1) is 12.7. The van der Waals surface area contributed by atoms with E-state index in [1.807, 2.05) is 24.0 Å². The summed E-state index contributed by atoms with van der Waals surface area (Å²) in [4.78, 5) is 37.5. The lowest BCUT2D eigenvalue weighted by atomic mass is 10.0. The molecule has 1 N–H and O–H groups in total. The van der Waals surface area contributed by atoms with Crippen LogP contribution in [0.15, 0.2) is 30.7 Å². The van der Waals surface area contributed by atoms with Gasteiger partial charge in [0.2, 0.25) is 5.95 Å². The van der Waals surface area contributed by atoms with Gasteiger partial charge in [0.15, 0.2) is 5.65 Å². The van der Waals surface area contributed by atoms with Crippen LogP contribution in [0.2, 0.25) is 0 Å². The van der Waals surface area contributed by atoms with Crippen molar-refractivity contribution in [2.45, 2.75) is 6.92 Å². The normalized spacial score (nSPS) is 22.2. The Morgan fingerprint density at radius 1 is 1.12 bits per heavy atom. The summed E-state index contributed by atoms with van der Waals surface area (Å²) < 4.78 is 0. The van der Waals surface area contributed by atoms with Gasteiger partial charge in [-0.1, -0.05) is 0 Å². The summed E-state index contributed by atoms with van der Waals surface area (Å²) in [6.45, 7) is 5.22. The largest absolute Gasteiger partial charge is 0.341 e. The number of carbonyl (C=O) groups is 1. The Hall–Kier alpha value is -3.03.